The summed E-state index contributed by atoms with van der Waals surface area (Å²) in [7, 11) is 1.61. The molecule has 0 aromatic heterocycles. The van der Waals surface area contributed by atoms with E-state index in [0.717, 1.165) is 17.5 Å². The SMILES string of the molecule is COc1ccc(CCN)cc1OCc1ccccc1C#N. The lowest BCUT2D eigenvalue weighted by molar-refractivity contribution is 0.284. The van der Waals surface area contributed by atoms with Crippen molar-refractivity contribution < 1.29 is 9.47 Å². The number of benzene rings is 2. The third-order valence-corrected chi connectivity index (χ3v) is 3.18. The number of ether oxygens (including phenoxy) is 2. The minimum absolute atomic E-state index is 0.326. The van der Waals surface area contributed by atoms with Crippen LogP contribution in [0.3, 0.4) is 0 Å². The zero-order valence-corrected chi connectivity index (χ0v) is 12.0. The molecule has 0 amide bonds. The van der Waals surface area contributed by atoms with Crippen LogP contribution in [0.1, 0.15) is 16.7 Å². The Balaban J connectivity index is 2.18. The number of hydrogen-bond acceptors (Lipinski definition) is 4. The molecular formula is C17H18N2O2. The van der Waals surface area contributed by atoms with E-state index in [9.17, 15) is 0 Å². The summed E-state index contributed by atoms with van der Waals surface area (Å²) in [5.74, 6) is 1.33. The first-order valence-electron chi connectivity index (χ1n) is 6.76. The van der Waals surface area contributed by atoms with Crippen molar-refractivity contribution in [3.63, 3.8) is 0 Å². The quantitative estimate of drug-likeness (QED) is 0.884. The molecule has 0 saturated carbocycles. The highest BCUT2D eigenvalue weighted by Gasteiger charge is 2.08. The predicted molar refractivity (Wildman–Crippen MR) is 81.2 cm³/mol. The van der Waals surface area contributed by atoms with Gasteiger partial charge in [0.05, 0.1) is 18.7 Å². The van der Waals surface area contributed by atoms with Gasteiger partial charge < -0.3 is 15.2 Å². The number of hydrogen-bond donors (Lipinski definition) is 1. The summed E-state index contributed by atoms with van der Waals surface area (Å²) >= 11 is 0. The second kappa shape index (κ2) is 7.32. The van der Waals surface area contributed by atoms with Gasteiger partial charge in [0.25, 0.3) is 0 Å². The second-order valence-electron chi connectivity index (χ2n) is 4.58. The van der Waals surface area contributed by atoms with E-state index in [1.165, 1.54) is 0 Å². The van der Waals surface area contributed by atoms with E-state index >= 15 is 0 Å². The van der Waals surface area contributed by atoms with Crippen molar-refractivity contribution in [3.8, 4) is 17.6 Å². The van der Waals surface area contributed by atoms with Gasteiger partial charge >= 0.3 is 0 Å². The maximum atomic E-state index is 9.09. The van der Waals surface area contributed by atoms with E-state index < -0.39 is 0 Å². The maximum absolute atomic E-state index is 9.09. The largest absolute Gasteiger partial charge is 0.493 e. The third-order valence-electron chi connectivity index (χ3n) is 3.18. The van der Waals surface area contributed by atoms with E-state index in [0.29, 0.717) is 30.2 Å². The summed E-state index contributed by atoms with van der Waals surface area (Å²) in [5.41, 5.74) is 8.15. The molecule has 2 N–H and O–H groups in total. The summed E-state index contributed by atoms with van der Waals surface area (Å²) in [6, 6.07) is 15.3. The van der Waals surface area contributed by atoms with Crippen molar-refractivity contribution in [2.75, 3.05) is 13.7 Å². The molecule has 0 aliphatic heterocycles. The molecular weight excluding hydrogens is 264 g/mol. The van der Waals surface area contributed by atoms with Crippen LogP contribution >= 0.6 is 0 Å². The molecule has 2 rings (SSSR count). The summed E-state index contributed by atoms with van der Waals surface area (Å²) in [5, 5.41) is 9.09. The zero-order valence-electron chi connectivity index (χ0n) is 12.0. The molecule has 0 spiro atoms. The van der Waals surface area contributed by atoms with Crippen LogP contribution in [0.25, 0.3) is 0 Å². The molecule has 4 nitrogen and oxygen atoms in total. The molecule has 0 aliphatic carbocycles. The summed E-state index contributed by atoms with van der Waals surface area (Å²) < 4.78 is 11.1. The Hall–Kier alpha value is -2.51. The van der Waals surface area contributed by atoms with Crippen molar-refractivity contribution in [3.05, 3.63) is 59.2 Å². The van der Waals surface area contributed by atoms with Gasteiger partial charge in [0.15, 0.2) is 11.5 Å². The van der Waals surface area contributed by atoms with Crippen molar-refractivity contribution in [2.24, 2.45) is 5.73 Å². The van der Waals surface area contributed by atoms with Crippen LogP contribution in [-0.4, -0.2) is 13.7 Å². The summed E-state index contributed by atoms with van der Waals surface area (Å²) in [6.07, 6.45) is 0.787. The Bertz CT molecular complexity index is 647. The maximum Gasteiger partial charge on any atom is 0.161 e. The van der Waals surface area contributed by atoms with Crippen LogP contribution in [0.15, 0.2) is 42.5 Å². The lowest BCUT2D eigenvalue weighted by Crippen LogP contribution is -2.04. The van der Waals surface area contributed by atoms with Crippen LogP contribution in [0, 0.1) is 11.3 Å². The molecule has 0 unspecified atom stereocenters. The molecule has 21 heavy (non-hydrogen) atoms. The Morgan fingerprint density at radius 3 is 2.67 bits per heavy atom. The lowest BCUT2D eigenvalue weighted by Gasteiger charge is -2.13. The molecule has 108 valence electrons. The number of rotatable bonds is 6. The first-order chi connectivity index (χ1) is 10.3. The van der Waals surface area contributed by atoms with Gasteiger partial charge in [0, 0.05) is 5.56 Å². The molecule has 0 bridgehead atoms. The Kier molecular flexibility index (Phi) is 5.19. The monoisotopic (exact) mass is 282 g/mol. The Morgan fingerprint density at radius 1 is 1.14 bits per heavy atom. The van der Waals surface area contributed by atoms with Crippen molar-refractivity contribution in [1.82, 2.24) is 0 Å². The van der Waals surface area contributed by atoms with Gasteiger partial charge in [-0.05, 0) is 36.7 Å². The molecule has 0 heterocycles. The molecule has 2 aromatic carbocycles. The summed E-state index contributed by atoms with van der Waals surface area (Å²) in [4.78, 5) is 0. The van der Waals surface area contributed by atoms with Gasteiger partial charge in [-0.25, -0.2) is 0 Å². The average molecular weight is 282 g/mol. The summed E-state index contributed by atoms with van der Waals surface area (Å²) in [6.45, 7) is 0.912. The van der Waals surface area contributed by atoms with Crippen LogP contribution < -0.4 is 15.2 Å². The van der Waals surface area contributed by atoms with Crippen LogP contribution in [0.2, 0.25) is 0 Å². The van der Waals surface area contributed by atoms with E-state index in [1.807, 2.05) is 36.4 Å². The zero-order chi connectivity index (χ0) is 15.1. The van der Waals surface area contributed by atoms with E-state index in [2.05, 4.69) is 6.07 Å². The van der Waals surface area contributed by atoms with Gasteiger partial charge in [-0.2, -0.15) is 5.26 Å². The number of nitrogens with zero attached hydrogens (tertiary/aromatic N) is 1. The van der Waals surface area contributed by atoms with Crippen LogP contribution in [-0.2, 0) is 13.0 Å². The first-order valence-corrected chi connectivity index (χ1v) is 6.76. The fourth-order valence-electron chi connectivity index (χ4n) is 2.07. The van der Waals surface area contributed by atoms with Gasteiger partial charge in [-0.1, -0.05) is 24.3 Å². The Morgan fingerprint density at radius 2 is 1.95 bits per heavy atom. The number of methoxy groups -OCH3 is 1. The molecule has 0 aliphatic rings. The van der Waals surface area contributed by atoms with Crippen LogP contribution in [0.4, 0.5) is 0 Å². The second-order valence-corrected chi connectivity index (χ2v) is 4.58. The number of nitrogens with two attached hydrogens (primary N) is 1. The van der Waals surface area contributed by atoms with E-state index in [4.69, 9.17) is 20.5 Å². The van der Waals surface area contributed by atoms with Gasteiger partial charge in [-0.3, -0.25) is 0 Å². The first kappa shape index (κ1) is 14.9. The molecule has 2 aromatic rings. The third kappa shape index (κ3) is 3.74. The molecule has 4 heteroatoms. The van der Waals surface area contributed by atoms with Gasteiger partial charge in [0.2, 0.25) is 0 Å². The minimum atomic E-state index is 0.326. The van der Waals surface area contributed by atoms with Gasteiger partial charge in [-0.15, -0.1) is 0 Å². The van der Waals surface area contributed by atoms with Crippen LogP contribution in [0.5, 0.6) is 11.5 Å². The molecule has 0 atom stereocenters. The highest BCUT2D eigenvalue weighted by Crippen LogP contribution is 2.29. The average Bonchev–Trinajstić information content (AvgIpc) is 2.53. The smallest absolute Gasteiger partial charge is 0.161 e. The fourth-order valence-corrected chi connectivity index (χ4v) is 2.07. The predicted octanol–water partition coefficient (Wildman–Crippen LogP) is 2.65. The van der Waals surface area contributed by atoms with Crippen molar-refractivity contribution in [1.29, 1.82) is 5.26 Å². The lowest BCUT2D eigenvalue weighted by atomic mass is 10.1. The molecule has 0 fully saturated rings. The Labute approximate surface area is 124 Å². The molecule has 0 radical (unpaired) electrons. The highest BCUT2D eigenvalue weighted by atomic mass is 16.5. The fraction of sp³-hybridized carbons (Fsp3) is 0.235. The normalized spacial score (nSPS) is 9.95. The standard InChI is InChI=1S/C17H18N2O2/c1-20-16-7-6-13(8-9-18)10-17(16)21-12-15-5-3-2-4-14(15)11-19/h2-7,10H,8-9,12,18H2,1H3. The minimum Gasteiger partial charge on any atom is -0.493 e. The van der Waals surface area contributed by atoms with E-state index in [-0.39, 0.29) is 0 Å². The highest BCUT2D eigenvalue weighted by molar-refractivity contribution is 5.44. The van der Waals surface area contributed by atoms with Gasteiger partial charge in [0.1, 0.15) is 6.61 Å². The molecule has 0 saturated heterocycles. The topological polar surface area (TPSA) is 68.3 Å². The number of nitriles is 1. The van der Waals surface area contributed by atoms with Crippen molar-refractivity contribution >= 4 is 0 Å². The van der Waals surface area contributed by atoms with E-state index in [1.54, 1.807) is 13.2 Å². The van der Waals surface area contributed by atoms with Crippen molar-refractivity contribution in [2.45, 2.75) is 13.0 Å².